The molecule has 0 aromatic rings. The van der Waals surface area contributed by atoms with E-state index in [1.54, 1.807) is 0 Å². The quantitative estimate of drug-likeness (QED) is 0.843. The molecule has 1 saturated heterocycles. The first-order chi connectivity index (χ1) is 9.56. The molecule has 0 aliphatic carbocycles. The molecule has 0 radical (unpaired) electrons. The monoisotopic (exact) mass is 327 g/mol. The van der Waals surface area contributed by atoms with Crippen molar-refractivity contribution < 1.29 is 27.9 Å². The molecule has 122 valence electrons. The zero-order chi connectivity index (χ0) is 16.4. The summed E-state index contributed by atoms with van der Waals surface area (Å²) in [6.45, 7) is 4.57. The second-order valence-electron chi connectivity index (χ2n) is 5.51. The van der Waals surface area contributed by atoms with Crippen molar-refractivity contribution >= 4 is 23.6 Å². The molecule has 1 amide bonds. The van der Waals surface area contributed by atoms with E-state index in [0.717, 1.165) is 4.90 Å². The van der Waals surface area contributed by atoms with E-state index in [1.165, 1.54) is 11.8 Å². The molecule has 1 N–H and O–H groups in total. The molecular weight excluding hydrogens is 307 g/mol. The summed E-state index contributed by atoms with van der Waals surface area (Å²) in [6, 6.07) is 0. The Morgan fingerprint density at radius 2 is 1.95 bits per heavy atom. The molecule has 2 unspecified atom stereocenters. The van der Waals surface area contributed by atoms with Gasteiger partial charge in [-0.2, -0.15) is 13.2 Å². The minimum absolute atomic E-state index is 0.0202. The number of aliphatic carboxylic acids is 1. The number of thioether (sulfide) groups is 1. The summed E-state index contributed by atoms with van der Waals surface area (Å²) in [5, 5.41) is 8.55. The van der Waals surface area contributed by atoms with E-state index < -0.39 is 41.7 Å². The number of carbonyl (C=O) groups is 2. The van der Waals surface area contributed by atoms with E-state index in [-0.39, 0.29) is 12.5 Å². The fourth-order valence-electron chi connectivity index (χ4n) is 2.43. The lowest BCUT2D eigenvalue weighted by Gasteiger charge is -2.29. The fraction of sp³-hybridized carbons (Fsp3) is 0.846. The van der Waals surface area contributed by atoms with E-state index in [1.807, 2.05) is 20.8 Å². The number of rotatable bonds is 5. The largest absolute Gasteiger partial charge is 0.481 e. The Morgan fingerprint density at radius 1 is 1.38 bits per heavy atom. The summed E-state index contributed by atoms with van der Waals surface area (Å²) < 4.78 is 39.3. The van der Waals surface area contributed by atoms with E-state index in [9.17, 15) is 22.8 Å². The maximum Gasteiger partial charge on any atom is 0.406 e. The van der Waals surface area contributed by atoms with E-state index in [0.29, 0.717) is 5.75 Å². The summed E-state index contributed by atoms with van der Waals surface area (Å²) in [7, 11) is 0. The number of carboxylic acid groups (broad SMARTS) is 1. The first-order valence-corrected chi connectivity index (χ1v) is 7.82. The van der Waals surface area contributed by atoms with Crippen LogP contribution in [-0.2, 0) is 9.59 Å². The highest BCUT2D eigenvalue weighted by Crippen LogP contribution is 2.46. The third-order valence-corrected chi connectivity index (χ3v) is 5.17. The van der Waals surface area contributed by atoms with Gasteiger partial charge >= 0.3 is 12.1 Å². The molecule has 0 aromatic carbocycles. The van der Waals surface area contributed by atoms with Crippen LogP contribution in [0.4, 0.5) is 13.2 Å². The van der Waals surface area contributed by atoms with E-state index in [4.69, 9.17) is 5.11 Å². The Hall–Kier alpha value is -0.920. The van der Waals surface area contributed by atoms with Gasteiger partial charge in [-0.25, -0.2) is 0 Å². The van der Waals surface area contributed by atoms with Crippen LogP contribution >= 0.6 is 11.8 Å². The molecule has 0 saturated carbocycles. The summed E-state index contributed by atoms with van der Waals surface area (Å²) in [6.07, 6.45) is -5.45. The minimum atomic E-state index is -4.86. The number of halogens is 3. The average molecular weight is 327 g/mol. The van der Waals surface area contributed by atoms with Gasteiger partial charge in [-0.15, -0.1) is 11.8 Å². The van der Waals surface area contributed by atoms with Crippen molar-refractivity contribution in [2.24, 2.45) is 11.3 Å². The van der Waals surface area contributed by atoms with Gasteiger partial charge in [0.2, 0.25) is 5.91 Å². The summed E-state index contributed by atoms with van der Waals surface area (Å²) in [4.78, 5) is 24.5. The van der Waals surface area contributed by atoms with Gasteiger partial charge in [-0.1, -0.05) is 20.8 Å². The topological polar surface area (TPSA) is 57.6 Å². The summed E-state index contributed by atoms with van der Waals surface area (Å²) in [5.41, 5.74) is -2.83. The molecule has 1 heterocycles. The third-order valence-electron chi connectivity index (χ3n) is 3.73. The van der Waals surface area contributed by atoms with Crippen LogP contribution in [0.15, 0.2) is 0 Å². The van der Waals surface area contributed by atoms with Crippen molar-refractivity contribution in [3.63, 3.8) is 0 Å². The molecule has 0 bridgehead atoms. The highest BCUT2D eigenvalue weighted by Gasteiger charge is 2.64. The Kier molecular flexibility index (Phi) is 5.57. The van der Waals surface area contributed by atoms with Gasteiger partial charge in [0.05, 0.1) is 5.25 Å². The summed E-state index contributed by atoms with van der Waals surface area (Å²) >= 11 is 1.38. The Morgan fingerprint density at radius 3 is 2.29 bits per heavy atom. The highest BCUT2D eigenvalue weighted by atomic mass is 32.2. The van der Waals surface area contributed by atoms with Gasteiger partial charge in [0.15, 0.2) is 5.41 Å². The van der Waals surface area contributed by atoms with Crippen molar-refractivity contribution in [2.45, 2.75) is 38.6 Å². The number of hydrogen-bond donors (Lipinski definition) is 1. The number of hydrogen-bond acceptors (Lipinski definition) is 3. The standard InChI is InChI=1S/C13H20F3NO3S/c1-4-21-9(8(2)3)10(18)17-6-5-12(7-17,11(19)20)13(14,15)16/h8-9H,4-7H2,1-3H3,(H,19,20). The third kappa shape index (κ3) is 3.46. The number of amides is 1. The highest BCUT2D eigenvalue weighted by molar-refractivity contribution is 8.00. The van der Waals surface area contributed by atoms with Crippen LogP contribution in [0.5, 0.6) is 0 Å². The predicted molar refractivity (Wildman–Crippen MR) is 74.1 cm³/mol. The first kappa shape index (κ1) is 18.1. The van der Waals surface area contributed by atoms with Crippen molar-refractivity contribution in [1.82, 2.24) is 4.90 Å². The Labute approximate surface area is 126 Å². The molecule has 0 aromatic heterocycles. The van der Waals surface area contributed by atoms with Crippen LogP contribution in [0.1, 0.15) is 27.2 Å². The van der Waals surface area contributed by atoms with Crippen molar-refractivity contribution in [3.8, 4) is 0 Å². The fourth-order valence-corrected chi connectivity index (χ4v) is 3.47. The smallest absolute Gasteiger partial charge is 0.406 e. The van der Waals surface area contributed by atoms with Crippen LogP contribution in [0.25, 0.3) is 0 Å². The molecule has 1 rings (SSSR count). The van der Waals surface area contributed by atoms with Crippen molar-refractivity contribution in [2.75, 3.05) is 18.8 Å². The lowest BCUT2D eigenvalue weighted by molar-refractivity contribution is -0.227. The van der Waals surface area contributed by atoms with Gasteiger partial charge < -0.3 is 10.0 Å². The van der Waals surface area contributed by atoms with Crippen molar-refractivity contribution in [1.29, 1.82) is 0 Å². The Bertz CT molecular complexity index is 414. The molecule has 1 aliphatic rings. The second kappa shape index (κ2) is 6.46. The minimum Gasteiger partial charge on any atom is -0.481 e. The SMILES string of the molecule is CCSC(C(=O)N1CCC(C(=O)O)(C(F)(F)F)C1)C(C)C. The van der Waals surface area contributed by atoms with Crippen LogP contribution in [-0.4, -0.2) is 52.2 Å². The van der Waals surface area contributed by atoms with Crippen LogP contribution < -0.4 is 0 Å². The molecule has 2 atom stereocenters. The number of nitrogens with zero attached hydrogens (tertiary/aromatic N) is 1. The van der Waals surface area contributed by atoms with Gasteiger partial charge in [-0.05, 0) is 18.1 Å². The maximum atomic E-state index is 13.1. The van der Waals surface area contributed by atoms with Gasteiger partial charge in [-0.3, -0.25) is 9.59 Å². The first-order valence-electron chi connectivity index (χ1n) is 6.77. The normalized spacial score (nSPS) is 24.4. The van der Waals surface area contributed by atoms with Gasteiger partial charge in [0, 0.05) is 13.1 Å². The van der Waals surface area contributed by atoms with Crippen LogP contribution in [0.3, 0.4) is 0 Å². The predicted octanol–water partition coefficient (Wildman–Crippen LogP) is 2.63. The van der Waals surface area contributed by atoms with Gasteiger partial charge in [0.25, 0.3) is 0 Å². The number of alkyl halides is 3. The molecule has 0 spiro atoms. The lowest BCUT2D eigenvalue weighted by Crippen LogP contribution is -2.49. The average Bonchev–Trinajstić information content (AvgIpc) is 2.80. The molecule has 1 aliphatic heterocycles. The molecule has 1 fully saturated rings. The number of likely N-dealkylation sites (tertiary alicyclic amines) is 1. The molecular formula is C13H20F3NO3S. The zero-order valence-electron chi connectivity index (χ0n) is 12.2. The van der Waals surface area contributed by atoms with E-state index >= 15 is 0 Å². The van der Waals surface area contributed by atoms with Crippen LogP contribution in [0.2, 0.25) is 0 Å². The lowest BCUT2D eigenvalue weighted by atomic mass is 9.86. The number of carboxylic acids is 1. The zero-order valence-corrected chi connectivity index (χ0v) is 13.1. The summed E-state index contributed by atoms with van der Waals surface area (Å²) in [5.74, 6) is -1.65. The van der Waals surface area contributed by atoms with E-state index in [2.05, 4.69) is 0 Å². The molecule has 4 nitrogen and oxygen atoms in total. The molecule has 8 heteroatoms. The second-order valence-corrected chi connectivity index (χ2v) is 6.93. The maximum absolute atomic E-state index is 13.1. The van der Waals surface area contributed by atoms with Crippen molar-refractivity contribution in [3.05, 3.63) is 0 Å². The molecule has 21 heavy (non-hydrogen) atoms. The van der Waals surface area contributed by atoms with Crippen LogP contribution in [0, 0.1) is 11.3 Å². The van der Waals surface area contributed by atoms with Gasteiger partial charge in [0.1, 0.15) is 0 Å². The number of carbonyl (C=O) groups excluding carboxylic acids is 1. The Balaban J connectivity index is 2.94.